The fraction of sp³-hybridized carbons (Fsp3) is 0.333. The van der Waals surface area contributed by atoms with Crippen LogP contribution >= 0.6 is 0 Å². The van der Waals surface area contributed by atoms with Crippen LogP contribution in [0.25, 0.3) is 0 Å². The third-order valence-electron chi connectivity index (χ3n) is 0.599. The predicted octanol–water partition coefficient (Wildman–Crippen LogP) is -0.664. The van der Waals surface area contributed by atoms with Gasteiger partial charge in [-0.05, 0) is 5.92 Å². The van der Waals surface area contributed by atoms with E-state index in [-0.39, 0.29) is 13.1 Å². The molecule has 0 N–H and O–H groups in total. The van der Waals surface area contributed by atoms with Crippen molar-refractivity contribution in [2.45, 2.75) is 0 Å². The molecule has 0 heterocycles. The molecule has 4 heteroatoms. The molecule has 0 aliphatic heterocycles. The Morgan fingerprint density at radius 1 is 1.70 bits per heavy atom. The molecule has 0 spiro atoms. The molecule has 0 fully saturated rings. The largest absolute Gasteiger partial charge is 0.459 e. The predicted molar refractivity (Wildman–Crippen MR) is 31.8 cm³/mol. The van der Waals surface area contributed by atoms with Crippen LogP contribution in [0.1, 0.15) is 0 Å². The number of hydrogen-bond donors (Lipinski definition) is 0. The van der Waals surface area contributed by atoms with E-state index < -0.39 is 5.97 Å². The SMILES string of the molecule is COC(=O)C#CCOC=O. The first-order valence-corrected chi connectivity index (χ1v) is 2.43. The summed E-state index contributed by atoms with van der Waals surface area (Å²) in [5.74, 6) is 3.69. The molecule has 0 bridgehead atoms. The van der Waals surface area contributed by atoms with Crippen LogP contribution in [0, 0.1) is 11.8 Å². The summed E-state index contributed by atoms with van der Waals surface area (Å²) in [4.78, 5) is 19.7. The van der Waals surface area contributed by atoms with Gasteiger partial charge in [-0.2, -0.15) is 0 Å². The van der Waals surface area contributed by atoms with E-state index in [1.54, 1.807) is 0 Å². The molecule has 0 radical (unpaired) electrons. The summed E-state index contributed by atoms with van der Waals surface area (Å²) in [6.45, 7) is 0.171. The van der Waals surface area contributed by atoms with E-state index in [1.165, 1.54) is 7.11 Å². The van der Waals surface area contributed by atoms with Crippen molar-refractivity contribution in [1.29, 1.82) is 0 Å². The zero-order valence-corrected chi connectivity index (χ0v) is 5.42. The van der Waals surface area contributed by atoms with E-state index in [2.05, 4.69) is 21.3 Å². The molecule has 0 aromatic rings. The van der Waals surface area contributed by atoms with Crippen LogP contribution in [-0.4, -0.2) is 26.2 Å². The van der Waals surface area contributed by atoms with Crippen LogP contribution < -0.4 is 0 Å². The zero-order chi connectivity index (χ0) is 7.82. The Balaban J connectivity index is 3.48. The van der Waals surface area contributed by atoms with Gasteiger partial charge >= 0.3 is 5.97 Å². The highest BCUT2D eigenvalue weighted by Gasteiger charge is 1.86. The van der Waals surface area contributed by atoms with Crippen molar-refractivity contribution in [2.24, 2.45) is 0 Å². The first-order chi connectivity index (χ1) is 4.81. The number of hydrogen-bond acceptors (Lipinski definition) is 4. The van der Waals surface area contributed by atoms with E-state index in [0.717, 1.165) is 0 Å². The average molecular weight is 142 g/mol. The highest BCUT2D eigenvalue weighted by Crippen LogP contribution is 1.68. The van der Waals surface area contributed by atoms with E-state index in [4.69, 9.17) is 0 Å². The molecule has 0 aliphatic rings. The zero-order valence-electron chi connectivity index (χ0n) is 5.42. The minimum absolute atomic E-state index is 0.0847. The Kier molecular flexibility index (Phi) is 4.79. The van der Waals surface area contributed by atoms with Crippen molar-refractivity contribution in [3.63, 3.8) is 0 Å². The van der Waals surface area contributed by atoms with E-state index in [9.17, 15) is 9.59 Å². The second kappa shape index (κ2) is 5.63. The van der Waals surface area contributed by atoms with Gasteiger partial charge in [0.1, 0.15) is 0 Å². The summed E-state index contributed by atoms with van der Waals surface area (Å²) in [7, 11) is 1.22. The Hall–Kier alpha value is -1.50. The second-order valence-corrected chi connectivity index (χ2v) is 1.20. The topological polar surface area (TPSA) is 52.6 Å². The first kappa shape index (κ1) is 8.50. The number of esters is 1. The van der Waals surface area contributed by atoms with Gasteiger partial charge in [0.15, 0.2) is 6.61 Å². The van der Waals surface area contributed by atoms with Crippen LogP contribution in [0.2, 0.25) is 0 Å². The molecular weight excluding hydrogens is 136 g/mol. The number of methoxy groups -OCH3 is 1. The maximum Gasteiger partial charge on any atom is 0.384 e. The maximum absolute atomic E-state index is 10.2. The van der Waals surface area contributed by atoms with Crippen molar-refractivity contribution in [3.8, 4) is 11.8 Å². The Labute approximate surface area is 58.1 Å². The van der Waals surface area contributed by atoms with Gasteiger partial charge in [0.2, 0.25) is 0 Å². The third kappa shape index (κ3) is 4.65. The highest BCUT2D eigenvalue weighted by molar-refractivity contribution is 5.88. The van der Waals surface area contributed by atoms with Gasteiger partial charge in [-0.3, -0.25) is 4.79 Å². The van der Waals surface area contributed by atoms with E-state index in [1.807, 2.05) is 0 Å². The van der Waals surface area contributed by atoms with Gasteiger partial charge in [-0.1, -0.05) is 0 Å². The Morgan fingerprint density at radius 2 is 2.40 bits per heavy atom. The van der Waals surface area contributed by atoms with Crippen molar-refractivity contribution in [3.05, 3.63) is 0 Å². The fourth-order valence-electron chi connectivity index (χ4n) is 0.235. The van der Waals surface area contributed by atoms with Crippen LogP contribution in [-0.2, 0) is 19.1 Å². The molecule has 10 heavy (non-hydrogen) atoms. The molecule has 0 amide bonds. The molecule has 0 aliphatic carbocycles. The molecule has 0 aromatic carbocycles. The fourth-order valence-corrected chi connectivity index (χ4v) is 0.235. The minimum atomic E-state index is -0.644. The maximum atomic E-state index is 10.2. The van der Waals surface area contributed by atoms with Crippen molar-refractivity contribution < 1.29 is 19.1 Å². The number of carbonyl (C=O) groups excluding carboxylic acids is 2. The lowest BCUT2D eigenvalue weighted by Gasteiger charge is -1.85. The molecule has 0 saturated carbocycles. The molecule has 0 atom stereocenters. The summed E-state index contributed by atoms with van der Waals surface area (Å²) in [5, 5.41) is 0. The summed E-state index contributed by atoms with van der Waals surface area (Å²) in [6.07, 6.45) is 0. The van der Waals surface area contributed by atoms with Gasteiger partial charge < -0.3 is 9.47 Å². The molecule has 0 rings (SSSR count). The van der Waals surface area contributed by atoms with Crippen LogP contribution in [0.4, 0.5) is 0 Å². The Bertz CT molecular complexity index is 174. The molecule has 0 aromatic heterocycles. The van der Waals surface area contributed by atoms with Crippen LogP contribution in [0.3, 0.4) is 0 Å². The van der Waals surface area contributed by atoms with Crippen molar-refractivity contribution >= 4 is 12.4 Å². The van der Waals surface area contributed by atoms with E-state index >= 15 is 0 Å². The summed E-state index contributed by atoms with van der Waals surface area (Å²) < 4.78 is 8.34. The average Bonchev–Trinajstić information content (AvgIpc) is 1.98. The summed E-state index contributed by atoms with van der Waals surface area (Å²) >= 11 is 0. The molecule has 0 saturated heterocycles. The standard InChI is InChI=1S/C6H6O4/c1-9-6(8)3-2-4-10-5-7/h5H,4H2,1H3. The van der Waals surface area contributed by atoms with Gasteiger partial charge in [0.25, 0.3) is 6.47 Å². The molecule has 4 nitrogen and oxygen atoms in total. The quantitative estimate of drug-likeness (QED) is 0.169. The van der Waals surface area contributed by atoms with Gasteiger partial charge in [-0.15, -0.1) is 0 Å². The second-order valence-electron chi connectivity index (χ2n) is 1.20. The monoisotopic (exact) mass is 142 g/mol. The lowest BCUT2D eigenvalue weighted by atomic mass is 10.6. The smallest absolute Gasteiger partial charge is 0.384 e. The molecule has 54 valence electrons. The van der Waals surface area contributed by atoms with Crippen LogP contribution in [0.15, 0.2) is 0 Å². The van der Waals surface area contributed by atoms with Crippen molar-refractivity contribution in [2.75, 3.05) is 13.7 Å². The lowest BCUT2D eigenvalue weighted by molar-refractivity contribution is -0.134. The van der Waals surface area contributed by atoms with Crippen LogP contribution in [0.5, 0.6) is 0 Å². The Morgan fingerprint density at radius 3 is 2.90 bits per heavy atom. The summed E-state index contributed by atoms with van der Waals surface area (Å²) in [5.41, 5.74) is 0. The van der Waals surface area contributed by atoms with Gasteiger partial charge in [0, 0.05) is 5.92 Å². The number of ether oxygens (including phenoxy) is 2. The van der Waals surface area contributed by atoms with Gasteiger partial charge in [-0.25, -0.2) is 4.79 Å². The van der Waals surface area contributed by atoms with Crippen molar-refractivity contribution in [1.82, 2.24) is 0 Å². The lowest BCUT2D eigenvalue weighted by Crippen LogP contribution is -1.95. The number of rotatable bonds is 2. The first-order valence-electron chi connectivity index (χ1n) is 2.43. The third-order valence-corrected chi connectivity index (χ3v) is 0.599. The van der Waals surface area contributed by atoms with Gasteiger partial charge in [0.05, 0.1) is 7.11 Å². The number of carbonyl (C=O) groups is 2. The molecular formula is C6H6O4. The van der Waals surface area contributed by atoms with E-state index in [0.29, 0.717) is 0 Å². The summed E-state index contributed by atoms with van der Waals surface area (Å²) in [6, 6.07) is 0. The molecule has 0 unspecified atom stereocenters. The minimum Gasteiger partial charge on any atom is -0.459 e. The normalized spacial score (nSPS) is 6.90. The highest BCUT2D eigenvalue weighted by atomic mass is 16.5.